The smallest absolute Gasteiger partial charge is 0.359 e. The summed E-state index contributed by atoms with van der Waals surface area (Å²) in [5, 5.41) is 7.88. The second-order valence-corrected chi connectivity index (χ2v) is 7.91. The van der Waals surface area contributed by atoms with Gasteiger partial charge in [0.1, 0.15) is 5.56 Å². The van der Waals surface area contributed by atoms with E-state index >= 15 is 0 Å². The molecule has 0 spiro atoms. The van der Waals surface area contributed by atoms with Gasteiger partial charge >= 0.3 is 6.18 Å². The molecule has 1 atom stereocenters. The van der Waals surface area contributed by atoms with Crippen LogP contribution in [0.25, 0.3) is 16.9 Å². The SMILES string of the molecule is CCc1cc([C@H]2CCCN2C(=O)c2cnn3c(C(F)(F)F)cc(-c4ccccc4)nc23)on1. The maximum absolute atomic E-state index is 13.8. The molecule has 0 unspecified atom stereocenters. The van der Waals surface area contributed by atoms with Crippen LogP contribution in [0.4, 0.5) is 13.2 Å². The molecule has 1 aliphatic heterocycles. The van der Waals surface area contributed by atoms with Gasteiger partial charge in [-0.15, -0.1) is 0 Å². The molecule has 4 heterocycles. The van der Waals surface area contributed by atoms with Crippen LogP contribution in [-0.2, 0) is 12.6 Å². The Labute approximate surface area is 186 Å². The van der Waals surface area contributed by atoms with Crippen LogP contribution in [0, 0.1) is 0 Å². The van der Waals surface area contributed by atoms with E-state index in [0.29, 0.717) is 35.2 Å². The van der Waals surface area contributed by atoms with E-state index in [1.54, 1.807) is 35.2 Å². The number of hydrogen-bond acceptors (Lipinski definition) is 5. The van der Waals surface area contributed by atoms with Crippen LogP contribution in [0.3, 0.4) is 0 Å². The van der Waals surface area contributed by atoms with Crippen molar-refractivity contribution in [2.45, 2.75) is 38.4 Å². The van der Waals surface area contributed by atoms with Crippen molar-refractivity contribution in [2.75, 3.05) is 6.54 Å². The molecule has 1 aromatic carbocycles. The van der Waals surface area contributed by atoms with Crippen LogP contribution < -0.4 is 0 Å². The first kappa shape index (κ1) is 21.2. The second-order valence-electron chi connectivity index (χ2n) is 7.91. The summed E-state index contributed by atoms with van der Waals surface area (Å²) in [6.45, 7) is 2.40. The fourth-order valence-electron chi connectivity index (χ4n) is 4.18. The number of amides is 1. The van der Waals surface area contributed by atoms with Crippen molar-refractivity contribution < 1.29 is 22.5 Å². The summed E-state index contributed by atoms with van der Waals surface area (Å²) in [7, 11) is 0. The lowest BCUT2D eigenvalue weighted by molar-refractivity contribution is -0.142. The highest BCUT2D eigenvalue weighted by atomic mass is 19.4. The number of halogens is 3. The lowest BCUT2D eigenvalue weighted by Crippen LogP contribution is -2.30. The molecule has 0 N–H and O–H groups in total. The Kier molecular flexibility index (Phi) is 5.15. The number of likely N-dealkylation sites (tertiary alicyclic amines) is 1. The number of fused-ring (bicyclic) bond motifs is 1. The summed E-state index contributed by atoms with van der Waals surface area (Å²) in [5.41, 5.74) is 0.297. The van der Waals surface area contributed by atoms with E-state index in [0.717, 1.165) is 24.4 Å². The molecule has 170 valence electrons. The number of hydrogen-bond donors (Lipinski definition) is 0. The molecule has 4 aromatic rings. The van der Waals surface area contributed by atoms with Crippen molar-refractivity contribution in [1.29, 1.82) is 0 Å². The van der Waals surface area contributed by atoms with Crippen LogP contribution in [0.5, 0.6) is 0 Å². The molecule has 33 heavy (non-hydrogen) atoms. The van der Waals surface area contributed by atoms with Gasteiger partial charge < -0.3 is 9.42 Å². The van der Waals surface area contributed by atoms with Gasteiger partial charge in [0.25, 0.3) is 5.91 Å². The minimum atomic E-state index is -4.68. The van der Waals surface area contributed by atoms with E-state index in [9.17, 15) is 18.0 Å². The molecule has 0 aliphatic carbocycles. The molecule has 1 amide bonds. The van der Waals surface area contributed by atoms with Gasteiger partial charge in [0.15, 0.2) is 17.1 Å². The molecule has 5 rings (SSSR count). The molecular weight excluding hydrogens is 435 g/mol. The van der Waals surface area contributed by atoms with E-state index < -0.39 is 17.8 Å². The third kappa shape index (κ3) is 3.75. The number of aromatic nitrogens is 4. The fraction of sp³-hybridized carbons (Fsp3) is 0.304. The summed E-state index contributed by atoms with van der Waals surface area (Å²) < 4.78 is 47.6. The Balaban J connectivity index is 1.60. The Morgan fingerprint density at radius 2 is 2.00 bits per heavy atom. The van der Waals surface area contributed by atoms with Crippen molar-refractivity contribution in [3.05, 3.63) is 71.4 Å². The third-order valence-corrected chi connectivity index (χ3v) is 5.84. The van der Waals surface area contributed by atoms with Gasteiger partial charge in [-0.1, -0.05) is 42.4 Å². The summed E-state index contributed by atoms with van der Waals surface area (Å²) in [6.07, 6.45) is -1.40. The van der Waals surface area contributed by atoms with E-state index in [-0.39, 0.29) is 22.9 Å². The molecule has 0 bridgehead atoms. The lowest BCUT2D eigenvalue weighted by atomic mass is 10.1. The van der Waals surface area contributed by atoms with Gasteiger partial charge in [-0.2, -0.15) is 18.3 Å². The topological polar surface area (TPSA) is 76.5 Å². The molecule has 0 saturated carbocycles. The Hall–Kier alpha value is -3.69. The van der Waals surface area contributed by atoms with Crippen molar-refractivity contribution in [2.24, 2.45) is 0 Å². The highest BCUT2D eigenvalue weighted by molar-refractivity contribution is 6.00. The minimum absolute atomic E-state index is 0.0143. The van der Waals surface area contributed by atoms with Crippen LogP contribution in [0.2, 0.25) is 0 Å². The van der Waals surface area contributed by atoms with Gasteiger partial charge in [-0.05, 0) is 25.3 Å². The van der Waals surface area contributed by atoms with Crippen LogP contribution in [0.1, 0.15) is 53.3 Å². The molecular formula is C23H20F3N5O2. The maximum Gasteiger partial charge on any atom is 0.433 e. The Bertz CT molecular complexity index is 1310. The number of carbonyl (C=O) groups excluding carboxylic acids is 1. The fourth-order valence-corrected chi connectivity index (χ4v) is 4.18. The minimum Gasteiger partial charge on any atom is -0.359 e. The zero-order valence-electron chi connectivity index (χ0n) is 17.7. The van der Waals surface area contributed by atoms with Gasteiger partial charge in [0.05, 0.1) is 23.6 Å². The van der Waals surface area contributed by atoms with Gasteiger partial charge in [0.2, 0.25) is 0 Å². The number of aryl methyl sites for hydroxylation is 1. The first-order valence-corrected chi connectivity index (χ1v) is 10.6. The van der Waals surface area contributed by atoms with Crippen LogP contribution in [-0.4, -0.2) is 37.1 Å². The van der Waals surface area contributed by atoms with E-state index in [1.165, 1.54) is 0 Å². The average Bonchev–Trinajstić information content (AvgIpc) is 3.56. The number of alkyl halides is 3. The summed E-state index contributed by atoms with van der Waals surface area (Å²) in [6, 6.07) is 11.0. The molecule has 1 aliphatic rings. The van der Waals surface area contributed by atoms with Crippen molar-refractivity contribution in [3.63, 3.8) is 0 Å². The predicted octanol–water partition coefficient (Wildman–Crippen LogP) is 4.94. The standard InChI is InChI=1S/C23H20F3N5O2/c1-2-15-11-19(33-29-15)18-9-6-10-30(18)22(32)16-13-27-31-20(23(24,25)26)12-17(28-21(16)31)14-7-4-3-5-8-14/h3-5,7-8,11-13,18H,2,6,9-10H2,1H3/t18-/m1/s1. The van der Waals surface area contributed by atoms with Crippen molar-refractivity contribution >= 4 is 11.6 Å². The second kappa shape index (κ2) is 8.02. The molecule has 0 radical (unpaired) electrons. The first-order valence-electron chi connectivity index (χ1n) is 10.6. The van der Waals surface area contributed by atoms with Crippen LogP contribution >= 0.6 is 0 Å². The van der Waals surface area contributed by atoms with Gasteiger partial charge in [-0.3, -0.25) is 4.79 Å². The zero-order valence-corrected chi connectivity index (χ0v) is 17.7. The third-order valence-electron chi connectivity index (χ3n) is 5.84. The monoisotopic (exact) mass is 455 g/mol. The van der Waals surface area contributed by atoms with Gasteiger partial charge in [0, 0.05) is 18.2 Å². The van der Waals surface area contributed by atoms with Crippen LogP contribution in [0.15, 0.2) is 53.2 Å². The predicted molar refractivity (Wildman–Crippen MR) is 112 cm³/mol. The molecule has 7 nitrogen and oxygen atoms in total. The molecule has 1 fully saturated rings. The van der Waals surface area contributed by atoms with E-state index in [4.69, 9.17) is 4.52 Å². The summed E-state index contributed by atoms with van der Waals surface area (Å²) in [5.74, 6) is 0.135. The normalized spacial score (nSPS) is 16.6. The number of rotatable bonds is 4. The summed E-state index contributed by atoms with van der Waals surface area (Å²) in [4.78, 5) is 19.5. The zero-order chi connectivity index (χ0) is 23.2. The number of nitrogens with zero attached hydrogens (tertiary/aromatic N) is 5. The van der Waals surface area contributed by atoms with E-state index in [1.807, 2.05) is 13.0 Å². The molecule has 1 saturated heterocycles. The highest BCUT2D eigenvalue weighted by Crippen LogP contribution is 2.36. The number of carbonyl (C=O) groups is 1. The quantitative estimate of drug-likeness (QED) is 0.436. The lowest BCUT2D eigenvalue weighted by Gasteiger charge is -2.22. The number of benzene rings is 1. The summed E-state index contributed by atoms with van der Waals surface area (Å²) >= 11 is 0. The highest BCUT2D eigenvalue weighted by Gasteiger charge is 2.38. The van der Waals surface area contributed by atoms with Gasteiger partial charge in [-0.25, -0.2) is 9.50 Å². The molecule has 3 aromatic heterocycles. The molecule has 10 heteroatoms. The maximum atomic E-state index is 13.8. The average molecular weight is 455 g/mol. The van der Waals surface area contributed by atoms with Crippen molar-refractivity contribution in [1.82, 2.24) is 24.7 Å². The van der Waals surface area contributed by atoms with Crippen molar-refractivity contribution in [3.8, 4) is 11.3 Å². The largest absolute Gasteiger partial charge is 0.433 e. The Morgan fingerprint density at radius 1 is 1.21 bits per heavy atom. The van der Waals surface area contributed by atoms with E-state index in [2.05, 4.69) is 15.2 Å². The first-order chi connectivity index (χ1) is 15.9. The Morgan fingerprint density at radius 3 is 2.70 bits per heavy atom.